The second-order valence-electron chi connectivity index (χ2n) is 3.09. The van der Waals surface area contributed by atoms with Crippen LogP contribution < -0.4 is 0 Å². The average molecular weight is 198 g/mol. The van der Waals surface area contributed by atoms with Crippen LogP contribution in [0.1, 0.15) is 17.5 Å². The minimum Gasteiger partial charge on any atom is -0.505 e. The van der Waals surface area contributed by atoms with Crippen molar-refractivity contribution in [1.29, 1.82) is 0 Å². The third-order valence-electron chi connectivity index (χ3n) is 2.06. The molecular weight excluding hydrogens is 187 g/mol. The van der Waals surface area contributed by atoms with Gasteiger partial charge < -0.3 is 10.2 Å². The number of carboxylic acids is 1. The Labute approximate surface area is 80.8 Å². The van der Waals surface area contributed by atoms with Gasteiger partial charge in [-0.1, -0.05) is 6.07 Å². The number of carbonyl (C=O) groups is 1. The van der Waals surface area contributed by atoms with E-state index in [1.54, 1.807) is 6.92 Å². The Hall–Kier alpha value is -1.58. The van der Waals surface area contributed by atoms with Crippen LogP contribution in [-0.2, 0) is 11.2 Å². The van der Waals surface area contributed by atoms with E-state index in [-0.39, 0.29) is 12.8 Å². The van der Waals surface area contributed by atoms with Crippen molar-refractivity contribution in [1.82, 2.24) is 0 Å². The van der Waals surface area contributed by atoms with Crippen molar-refractivity contribution >= 4 is 5.97 Å². The first-order valence-corrected chi connectivity index (χ1v) is 4.21. The summed E-state index contributed by atoms with van der Waals surface area (Å²) in [6.07, 6.45) is 0.0304. The quantitative estimate of drug-likeness (QED) is 0.779. The van der Waals surface area contributed by atoms with E-state index < -0.39 is 17.5 Å². The van der Waals surface area contributed by atoms with Crippen LogP contribution in [0.15, 0.2) is 12.1 Å². The zero-order valence-corrected chi connectivity index (χ0v) is 7.75. The molecule has 0 radical (unpaired) electrons. The van der Waals surface area contributed by atoms with Gasteiger partial charge in [0.2, 0.25) is 0 Å². The lowest BCUT2D eigenvalue weighted by atomic mass is 10.0. The van der Waals surface area contributed by atoms with Crippen molar-refractivity contribution in [2.24, 2.45) is 0 Å². The predicted molar refractivity (Wildman–Crippen MR) is 48.8 cm³/mol. The molecule has 0 aliphatic rings. The maximum absolute atomic E-state index is 12.9. The maximum Gasteiger partial charge on any atom is 0.303 e. The highest BCUT2D eigenvalue weighted by atomic mass is 19.1. The molecule has 1 aromatic carbocycles. The highest BCUT2D eigenvalue weighted by Crippen LogP contribution is 2.25. The molecular formula is C10H11FO3. The number of halogens is 1. The molecule has 0 aliphatic heterocycles. The van der Waals surface area contributed by atoms with Crippen LogP contribution in [0, 0.1) is 12.7 Å². The third kappa shape index (κ3) is 2.22. The summed E-state index contributed by atoms with van der Waals surface area (Å²) in [6, 6.07) is 2.68. The number of carboxylic acid groups (broad SMARTS) is 1. The average Bonchev–Trinajstić information content (AvgIpc) is 2.11. The zero-order chi connectivity index (χ0) is 10.7. The number of benzene rings is 1. The van der Waals surface area contributed by atoms with Crippen molar-refractivity contribution in [2.45, 2.75) is 19.8 Å². The van der Waals surface area contributed by atoms with Crippen molar-refractivity contribution in [3.8, 4) is 5.75 Å². The fourth-order valence-electron chi connectivity index (χ4n) is 1.26. The van der Waals surface area contributed by atoms with Crippen LogP contribution >= 0.6 is 0 Å². The predicted octanol–water partition coefficient (Wildman–Crippen LogP) is 1.86. The Kier molecular flexibility index (Phi) is 3.06. The molecule has 3 nitrogen and oxygen atoms in total. The Morgan fingerprint density at radius 1 is 1.50 bits per heavy atom. The van der Waals surface area contributed by atoms with Crippen molar-refractivity contribution in [3.63, 3.8) is 0 Å². The standard InChI is InChI=1S/C10H11FO3/c1-6-2-4-8(11)10(14)7(6)3-5-9(12)13/h2,4,14H,3,5H2,1H3,(H,12,13). The summed E-state index contributed by atoms with van der Waals surface area (Å²) in [4.78, 5) is 10.3. The fourth-order valence-corrected chi connectivity index (χ4v) is 1.26. The molecule has 76 valence electrons. The van der Waals surface area contributed by atoms with Crippen LogP contribution in [0.4, 0.5) is 4.39 Å². The minimum absolute atomic E-state index is 0.113. The lowest BCUT2D eigenvalue weighted by molar-refractivity contribution is -0.136. The summed E-state index contributed by atoms with van der Waals surface area (Å²) in [6.45, 7) is 1.70. The maximum atomic E-state index is 12.9. The first kappa shape index (κ1) is 10.5. The van der Waals surface area contributed by atoms with Gasteiger partial charge in [-0.15, -0.1) is 0 Å². The molecule has 0 aliphatic carbocycles. The Balaban J connectivity index is 2.95. The number of aryl methyl sites for hydroxylation is 1. The largest absolute Gasteiger partial charge is 0.505 e. The van der Waals surface area contributed by atoms with E-state index in [4.69, 9.17) is 5.11 Å². The van der Waals surface area contributed by atoms with Gasteiger partial charge in [-0.2, -0.15) is 0 Å². The van der Waals surface area contributed by atoms with E-state index in [2.05, 4.69) is 0 Å². The van der Waals surface area contributed by atoms with Gasteiger partial charge in [-0.05, 0) is 25.0 Å². The molecule has 0 saturated heterocycles. The van der Waals surface area contributed by atoms with Crippen LogP contribution in [-0.4, -0.2) is 16.2 Å². The zero-order valence-electron chi connectivity index (χ0n) is 7.75. The van der Waals surface area contributed by atoms with Gasteiger partial charge in [0, 0.05) is 12.0 Å². The molecule has 0 atom stereocenters. The van der Waals surface area contributed by atoms with Crippen LogP contribution in [0.25, 0.3) is 0 Å². The van der Waals surface area contributed by atoms with Crippen molar-refractivity contribution in [2.75, 3.05) is 0 Å². The summed E-state index contributed by atoms with van der Waals surface area (Å²) in [7, 11) is 0. The molecule has 0 aromatic heterocycles. The number of aliphatic carboxylic acids is 1. The van der Waals surface area contributed by atoms with Gasteiger partial charge in [0.05, 0.1) is 0 Å². The van der Waals surface area contributed by atoms with E-state index in [0.29, 0.717) is 11.1 Å². The Morgan fingerprint density at radius 2 is 2.14 bits per heavy atom. The molecule has 4 heteroatoms. The van der Waals surface area contributed by atoms with E-state index >= 15 is 0 Å². The summed E-state index contributed by atoms with van der Waals surface area (Å²) in [5, 5.41) is 17.8. The van der Waals surface area contributed by atoms with E-state index in [0.717, 1.165) is 6.07 Å². The number of rotatable bonds is 3. The van der Waals surface area contributed by atoms with Crippen LogP contribution in [0.5, 0.6) is 5.75 Å². The summed E-state index contributed by atoms with van der Waals surface area (Å²) >= 11 is 0. The second-order valence-corrected chi connectivity index (χ2v) is 3.09. The lowest BCUT2D eigenvalue weighted by Gasteiger charge is -2.07. The molecule has 1 rings (SSSR count). The Bertz CT molecular complexity index is 361. The molecule has 0 amide bonds. The lowest BCUT2D eigenvalue weighted by Crippen LogP contribution is -2.00. The topological polar surface area (TPSA) is 57.5 Å². The molecule has 0 saturated carbocycles. The molecule has 0 fully saturated rings. The van der Waals surface area contributed by atoms with Gasteiger partial charge >= 0.3 is 5.97 Å². The molecule has 2 N–H and O–H groups in total. The highest BCUT2D eigenvalue weighted by Gasteiger charge is 2.11. The number of hydrogen-bond acceptors (Lipinski definition) is 2. The molecule has 0 heterocycles. The fraction of sp³-hybridized carbons (Fsp3) is 0.300. The van der Waals surface area contributed by atoms with Crippen LogP contribution in [0.3, 0.4) is 0 Å². The van der Waals surface area contributed by atoms with Crippen molar-refractivity contribution < 1.29 is 19.4 Å². The normalized spacial score (nSPS) is 10.1. The van der Waals surface area contributed by atoms with Gasteiger partial charge in [-0.3, -0.25) is 4.79 Å². The summed E-state index contributed by atoms with van der Waals surface area (Å²) < 4.78 is 12.9. The smallest absolute Gasteiger partial charge is 0.303 e. The minimum atomic E-state index is -0.965. The van der Waals surface area contributed by atoms with Crippen molar-refractivity contribution in [3.05, 3.63) is 29.1 Å². The monoisotopic (exact) mass is 198 g/mol. The number of hydrogen-bond donors (Lipinski definition) is 2. The third-order valence-corrected chi connectivity index (χ3v) is 2.06. The number of aromatic hydroxyl groups is 1. The number of phenolic OH excluding ortho intramolecular Hbond substituents is 1. The van der Waals surface area contributed by atoms with E-state index in [9.17, 15) is 14.3 Å². The SMILES string of the molecule is Cc1ccc(F)c(O)c1CCC(=O)O. The molecule has 0 spiro atoms. The summed E-state index contributed by atoms with van der Waals surface area (Å²) in [5.41, 5.74) is 1.07. The van der Waals surface area contributed by atoms with Gasteiger partial charge in [0.15, 0.2) is 11.6 Å². The summed E-state index contributed by atoms with van der Waals surface area (Å²) in [5.74, 6) is -2.12. The molecule has 14 heavy (non-hydrogen) atoms. The van der Waals surface area contributed by atoms with Gasteiger partial charge in [0.25, 0.3) is 0 Å². The van der Waals surface area contributed by atoms with E-state index in [1.807, 2.05) is 0 Å². The first-order chi connectivity index (χ1) is 6.52. The van der Waals surface area contributed by atoms with Gasteiger partial charge in [0.1, 0.15) is 0 Å². The van der Waals surface area contributed by atoms with Crippen LogP contribution in [0.2, 0.25) is 0 Å². The highest BCUT2D eigenvalue weighted by molar-refractivity contribution is 5.67. The number of phenols is 1. The van der Waals surface area contributed by atoms with Gasteiger partial charge in [-0.25, -0.2) is 4.39 Å². The first-order valence-electron chi connectivity index (χ1n) is 4.21. The Morgan fingerprint density at radius 3 is 2.71 bits per heavy atom. The van der Waals surface area contributed by atoms with E-state index in [1.165, 1.54) is 6.07 Å². The second kappa shape index (κ2) is 4.09. The molecule has 0 unspecified atom stereocenters. The molecule has 1 aromatic rings. The molecule has 0 bridgehead atoms.